The quantitative estimate of drug-likeness (QED) is 0.497. The zero-order valence-electron chi connectivity index (χ0n) is 18.2. The van der Waals surface area contributed by atoms with Crippen molar-refractivity contribution in [1.82, 2.24) is 34.8 Å². The van der Waals surface area contributed by atoms with Crippen LogP contribution in [0.5, 0.6) is 0 Å². The fourth-order valence-electron chi connectivity index (χ4n) is 5.25. The first-order valence-corrected chi connectivity index (χ1v) is 11.2. The Labute approximate surface area is 186 Å². The zero-order chi connectivity index (χ0) is 21.5. The average Bonchev–Trinajstić information content (AvgIpc) is 3.33. The Kier molecular flexibility index (Phi) is 4.79. The minimum atomic E-state index is 0.605. The smallest absolute Gasteiger partial charge is 0.225 e. The molecule has 4 aromatic rings. The second kappa shape index (κ2) is 7.94. The van der Waals surface area contributed by atoms with Crippen molar-refractivity contribution in [2.24, 2.45) is 11.8 Å². The van der Waals surface area contributed by atoms with Crippen LogP contribution < -0.4 is 4.90 Å². The number of pyridine rings is 1. The molecule has 2 aliphatic heterocycles. The second-order valence-electron chi connectivity index (χ2n) is 9.03. The molecule has 2 bridgehead atoms. The molecule has 162 valence electrons. The molecule has 2 fully saturated rings. The van der Waals surface area contributed by atoms with Crippen LogP contribution in [-0.4, -0.2) is 61.0 Å². The van der Waals surface area contributed by atoms with Crippen molar-refractivity contribution >= 4 is 16.9 Å². The molecule has 8 heteroatoms. The van der Waals surface area contributed by atoms with E-state index in [4.69, 9.17) is 9.97 Å². The maximum absolute atomic E-state index is 4.84. The topological polar surface area (TPSA) is 75.9 Å². The number of likely N-dealkylation sites (tertiary alicyclic amines) is 1. The molecule has 32 heavy (non-hydrogen) atoms. The van der Waals surface area contributed by atoms with E-state index in [1.807, 2.05) is 31.3 Å². The van der Waals surface area contributed by atoms with Crippen molar-refractivity contribution in [3.8, 4) is 5.69 Å². The van der Waals surface area contributed by atoms with Crippen molar-refractivity contribution < 1.29 is 0 Å². The van der Waals surface area contributed by atoms with E-state index in [-0.39, 0.29) is 0 Å². The summed E-state index contributed by atoms with van der Waals surface area (Å²) < 4.78 is 0. The number of para-hydroxylation sites is 1. The molecule has 0 radical (unpaired) electrons. The molecule has 0 spiro atoms. The van der Waals surface area contributed by atoms with E-state index < -0.39 is 0 Å². The molecule has 0 aliphatic carbocycles. The average molecular weight is 427 g/mol. The lowest BCUT2D eigenvalue weighted by Crippen LogP contribution is -2.53. The fraction of sp³-hybridized carbons (Fsp3) is 0.375. The van der Waals surface area contributed by atoms with Gasteiger partial charge < -0.3 is 4.90 Å². The Balaban J connectivity index is 1.19. The molecule has 0 amide bonds. The van der Waals surface area contributed by atoms with E-state index in [0.717, 1.165) is 66.7 Å². The van der Waals surface area contributed by atoms with E-state index in [1.54, 1.807) is 17.2 Å². The summed E-state index contributed by atoms with van der Waals surface area (Å²) in [6.45, 7) is 6.97. The monoisotopic (exact) mass is 426 g/mol. The summed E-state index contributed by atoms with van der Waals surface area (Å²) in [7, 11) is 0. The molecular weight excluding hydrogens is 400 g/mol. The molecule has 2 aliphatic rings. The van der Waals surface area contributed by atoms with Gasteiger partial charge in [-0.15, -0.1) is 4.80 Å². The normalized spacial score (nSPS) is 21.2. The van der Waals surface area contributed by atoms with Crippen LogP contribution in [0.25, 0.3) is 16.6 Å². The summed E-state index contributed by atoms with van der Waals surface area (Å²) in [5.74, 6) is 2.07. The van der Waals surface area contributed by atoms with Crippen molar-refractivity contribution in [3.05, 3.63) is 66.4 Å². The Bertz CT molecular complexity index is 1220. The summed E-state index contributed by atoms with van der Waals surface area (Å²) in [5, 5.41) is 9.73. The van der Waals surface area contributed by atoms with Crippen molar-refractivity contribution in [2.45, 2.75) is 19.9 Å². The number of fused-ring (bicyclic) bond motifs is 3. The molecule has 0 saturated carbocycles. The van der Waals surface area contributed by atoms with Crippen LogP contribution in [0, 0.1) is 18.8 Å². The highest BCUT2D eigenvalue weighted by molar-refractivity contribution is 5.78. The van der Waals surface area contributed by atoms with Gasteiger partial charge >= 0.3 is 0 Å². The third kappa shape index (κ3) is 3.71. The predicted molar refractivity (Wildman–Crippen MR) is 123 cm³/mol. The number of nitrogens with zero attached hydrogens (tertiary/aromatic N) is 8. The van der Waals surface area contributed by atoms with E-state index in [2.05, 4.69) is 43.2 Å². The van der Waals surface area contributed by atoms with Gasteiger partial charge in [-0.25, -0.2) is 9.97 Å². The van der Waals surface area contributed by atoms with E-state index in [9.17, 15) is 0 Å². The first-order chi connectivity index (χ1) is 15.7. The van der Waals surface area contributed by atoms with Gasteiger partial charge in [0.05, 0.1) is 23.6 Å². The van der Waals surface area contributed by atoms with Crippen LogP contribution in [0.15, 0.2) is 55.0 Å². The molecule has 2 unspecified atom stereocenters. The Morgan fingerprint density at radius 3 is 2.50 bits per heavy atom. The second-order valence-corrected chi connectivity index (χ2v) is 9.03. The largest absolute Gasteiger partial charge is 0.340 e. The van der Waals surface area contributed by atoms with Gasteiger partial charge in [0.1, 0.15) is 5.69 Å². The van der Waals surface area contributed by atoms with Crippen molar-refractivity contribution in [2.75, 3.05) is 31.1 Å². The standard InChI is InChI=1S/C24H26N8/c1-17-6-7-23(32-26-8-9-27-32)22(28-17)16-30-12-18-10-19(13-30)15-31(14-18)24-25-11-20-4-2-3-5-21(20)29-24/h2-9,11,18-19H,10,12-16H2,1H3. The number of aromatic nitrogens is 6. The maximum atomic E-state index is 4.84. The van der Waals surface area contributed by atoms with Crippen LogP contribution in [0.3, 0.4) is 0 Å². The molecule has 8 nitrogen and oxygen atoms in total. The lowest BCUT2D eigenvalue weighted by atomic mass is 9.84. The molecule has 6 rings (SSSR count). The van der Waals surface area contributed by atoms with Gasteiger partial charge in [0.15, 0.2) is 0 Å². The summed E-state index contributed by atoms with van der Waals surface area (Å²) in [4.78, 5) is 20.9. The minimum absolute atomic E-state index is 0.605. The van der Waals surface area contributed by atoms with Gasteiger partial charge in [0, 0.05) is 50.0 Å². The van der Waals surface area contributed by atoms with Crippen molar-refractivity contribution in [1.29, 1.82) is 0 Å². The third-order valence-electron chi connectivity index (χ3n) is 6.51. The molecule has 0 N–H and O–H groups in total. The molecule has 3 aromatic heterocycles. The van der Waals surface area contributed by atoms with Gasteiger partial charge in [0.25, 0.3) is 0 Å². The number of rotatable bonds is 4. The molecule has 5 heterocycles. The highest BCUT2D eigenvalue weighted by atomic mass is 15.5. The SMILES string of the molecule is Cc1ccc(-n2nccn2)c(CN2CC3CC(C2)CN(c2ncc4ccccc4n2)C3)n1. The Morgan fingerprint density at radius 2 is 1.69 bits per heavy atom. The lowest BCUT2D eigenvalue weighted by molar-refractivity contribution is 0.101. The Hall–Kier alpha value is -3.39. The third-order valence-corrected chi connectivity index (χ3v) is 6.51. The van der Waals surface area contributed by atoms with Gasteiger partial charge in [-0.05, 0) is 43.4 Å². The summed E-state index contributed by atoms with van der Waals surface area (Å²) >= 11 is 0. The van der Waals surface area contributed by atoms with E-state index in [1.165, 1.54) is 6.42 Å². The number of anilines is 1. The fourth-order valence-corrected chi connectivity index (χ4v) is 5.25. The zero-order valence-corrected chi connectivity index (χ0v) is 18.2. The lowest BCUT2D eigenvalue weighted by Gasteiger charge is -2.45. The molecule has 2 atom stereocenters. The maximum Gasteiger partial charge on any atom is 0.225 e. The number of hydrogen-bond donors (Lipinski definition) is 0. The van der Waals surface area contributed by atoms with E-state index in [0.29, 0.717) is 11.8 Å². The van der Waals surface area contributed by atoms with Crippen LogP contribution in [-0.2, 0) is 6.54 Å². The van der Waals surface area contributed by atoms with Gasteiger partial charge in [-0.3, -0.25) is 9.88 Å². The highest BCUT2D eigenvalue weighted by Crippen LogP contribution is 2.31. The van der Waals surface area contributed by atoms with Crippen LogP contribution in [0.2, 0.25) is 0 Å². The molecule has 1 aromatic carbocycles. The van der Waals surface area contributed by atoms with Crippen LogP contribution in [0.1, 0.15) is 17.8 Å². The van der Waals surface area contributed by atoms with Gasteiger partial charge in [-0.2, -0.15) is 10.2 Å². The minimum Gasteiger partial charge on any atom is -0.340 e. The highest BCUT2D eigenvalue weighted by Gasteiger charge is 2.35. The van der Waals surface area contributed by atoms with Crippen LogP contribution >= 0.6 is 0 Å². The summed E-state index contributed by atoms with van der Waals surface area (Å²) in [6.07, 6.45) is 6.63. The molecular formula is C24H26N8. The van der Waals surface area contributed by atoms with Gasteiger partial charge in [-0.1, -0.05) is 18.2 Å². The van der Waals surface area contributed by atoms with Gasteiger partial charge in [0.2, 0.25) is 5.95 Å². The van der Waals surface area contributed by atoms with E-state index >= 15 is 0 Å². The van der Waals surface area contributed by atoms with Crippen molar-refractivity contribution in [3.63, 3.8) is 0 Å². The first-order valence-electron chi connectivity index (χ1n) is 11.2. The number of hydrogen-bond acceptors (Lipinski definition) is 7. The number of piperidine rings is 2. The summed E-state index contributed by atoms with van der Waals surface area (Å²) in [5.41, 5.74) is 4.03. The Morgan fingerprint density at radius 1 is 0.906 bits per heavy atom. The molecule has 2 saturated heterocycles. The summed E-state index contributed by atoms with van der Waals surface area (Å²) in [6, 6.07) is 12.3. The number of aryl methyl sites for hydroxylation is 1. The van der Waals surface area contributed by atoms with Crippen LogP contribution in [0.4, 0.5) is 5.95 Å². The first kappa shape index (κ1) is 19.3. The predicted octanol–water partition coefficient (Wildman–Crippen LogP) is 2.87. The number of benzene rings is 1.